The number of carbonyl (C=O) groups excluding carboxylic acids is 2. The molecule has 2 bridgehead atoms. The van der Waals surface area contributed by atoms with Gasteiger partial charge in [0.2, 0.25) is 11.8 Å². The number of alkyl halides is 3. The zero-order valence-corrected chi connectivity index (χ0v) is 27.7. The number of fused-ring (bicyclic) bond motifs is 3. The van der Waals surface area contributed by atoms with E-state index in [4.69, 9.17) is 9.73 Å². The van der Waals surface area contributed by atoms with Crippen LogP contribution in [0.25, 0.3) is 0 Å². The Morgan fingerprint density at radius 1 is 1.00 bits per heavy atom. The number of aromatic nitrogens is 2. The largest absolute Gasteiger partial charge is 0.389 e. The Bertz CT molecular complexity index is 1430. The molecule has 4 saturated heterocycles. The number of halogens is 4. The van der Waals surface area contributed by atoms with Gasteiger partial charge in [-0.05, 0) is 37.8 Å². The summed E-state index contributed by atoms with van der Waals surface area (Å²) in [6.07, 6.45) is 7.24. The number of rotatable bonds is 8. The molecule has 250 valence electrons. The standard InChI is InChI=1S/C30H39F3IN9O3/c31-30(32,33)8-5-26(44)43-23-3-4-24(43)19-40(18-23)25-2-1-9-42-28(25)37-29(34-42)36-21-16-35-41(17-21)20-27(45)39-10-6-22(7-11-39)38-12-14-46-15-13-38/h1-2,9,16-17,22-24,36H,3-8,10-15,18-20H2. The van der Waals surface area contributed by atoms with Crippen molar-refractivity contribution in [2.75, 3.05) is 57.8 Å². The highest BCUT2D eigenvalue weighted by Crippen LogP contribution is 2.36. The van der Waals surface area contributed by atoms with Gasteiger partial charge in [0.05, 0.1) is 58.2 Å². The number of nitrogens with one attached hydrogen (secondary N) is 1. The maximum absolute atomic E-state index is 13.0. The zero-order valence-electron chi connectivity index (χ0n) is 25.5. The molecule has 46 heavy (non-hydrogen) atoms. The predicted molar refractivity (Wildman–Crippen MR) is 174 cm³/mol. The minimum Gasteiger partial charge on any atom is -0.379 e. The van der Waals surface area contributed by atoms with Crippen molar-refractivity contribution < 1.29 is 27.5 Å². The van der Waals surface area contributed by atoms with Crippen molar-refractivity contribution in [2.24, 2.45) is 4.99 Å². The number of anilines is 1. The maximum atomic E-state index is 13.0. The van der Waals surface area contributed by atoms with Gasteiger partial charge in [0.1, 0.15) is 6.54 Å². The van der Waals surface area contributed by atoms with E-state index in [0.29, 0.717) is 19.1 Å². The normalized spacial score (nSPS) is 25.6. The minimum absolute atomic E-state index is 0.0735. The van der Waals surface area contributed by atoms with E-state index >= 15 is 0 Å². The van der Waals surface area contributed by atoms with Gasteiger partial charge in [0, 0.05) is 76.2 Å². The van der Waals surface area contributed by atoms with Crippen molar-refractivity contribution in [3.8, 4) is 0 Å². The lowest BCUT2D eigenvalue weighted by Gasteiger charge is -2.43. The van der Waals surface area contributed by atoms with E-state index in [9.17, 15) is 22.8 Å². The Labute approximate surface area is 276 Å². The summed E-state index contributed by atoms with van der Waals surface area (Å²) in [5.74, 6) is 0.518. The monoisotopic (exact) mass is 757 g/mol. The first kappa shape index (κ1) is 31.6. The molecule has 6 aliphatic rings. The summed E-state index contributed by atoms with van der Waals surface area (Å²) < 4.78 is 48.4. The number of nitrogens with zero attached hydrogens (tertiary/aromatic N) is 8. The van der Waals surface area contributed by atoms with Gasteiger partial charge in [0.25, 0.3) is 0 Å². The first-order valence-corrected chi connectivity index (χ1v) is 18.1. The molecule has 1 aromatic rings. The van der Waals surface area contributed by atoms with Crippen LogP contribution in [0.5, 0.6) is 0 Å². The summed E-state index contributed by atoms with van der Waals surface area (Å²) in [5, 5.41) is 7.83. The number of allylic oxidation sites excluding steroid dienone is 2. The molecule has 6 aliphatic heterocycles. The molecular formula is C30H39F3IN9O3. The van der Waals surface area contributed by atoms with E-state index in [2.05, 4.69) is 23.3 Å². The van der Waals surface area contributed by atoms with Gasteiger partial charge in [-0.15, -0.1) is 0 Å². The SMILES string of the molecule is O=C(Cn1cc(NC2=IN3C=CC=C(N4CC5CCC(C4)N5C(=O)CCC(F)(F)F)C3=N2)cn1)N1CCC(N2CCOCC2)CC1. The summed E-state index contributed by atoms with van der Waals surface area (Å²) in [6.45, 7) is 6.38. The number of aliphatic imine (C=N–C) groups is 1. The smallest absolute Gasteiger partial charge is 0.379 e. The van der Waals surface area contributed by atoms with E-state index in [-0.39, 0.29) is 24.5 Å². The van der Waals surface area contributed by atoms with E-state index in [1.165, 1.54) is 0 Å². The third-order valence-corrected chi connectivity index (χ3v) is 11.8. The number of likely N-dealkylation sites (tertiary alicyclic amines) is 2. The molecule has 0 spiro atoms. The van der Waals surface area contributed by atoms with Gasteiger partial charge in [-0.3, -0.25) is 22.3 Å². The van der Waals surface area contributed by atoms with Crippen molar-refractivity contribution in [1.82, 2.24) is 32.5 Å². The molecule has 7 rings (SSSR count). The number of ether oxygens (including phenoxy) is 1. The molecule has 7 heterocycles. The number of piperidine rings is 1. The van der Waals surface area contributed by atoms with Crippen LogP contribution >= 0.6 is 21.0 Å². The highest BCUT2D eigenvalue weighted by atomic mass is 127. The molecule has 0 aromatic carbocycles. The van der Waals surface area contributed by atoms with Crippen molar-refractivity contribution in [2.45, 2.75) is 69.4 Å². The van der Waals surface area contributed by atoms with Crippen LogP contribution in [0.2, 0.25) is 0 Å². The van der Waals surface area contributed by atoms with Crippen LogP contribution in [0, 0.1) is 0 Å². The number of piperazine rings is 1. The van der Waals surface area contributed by atoms with Crippen LogP contribution in [0.4, 0.5) is 18.9 Å². The lowest BCUT2D eigenvalue weighted by Crippen LogP contribution is -2.56. The fourth-order valence-electron chi connectivity index (χ4n) is 7.31. The third-order valence-electron chi connectivity index (χ3n) is 9.57. The number of amides is 2. The molecule has 16 heteroatoms. The second-order valence-electron chi connectivity index (χ2n) is 12.5. The number of amidine groups is 1. The average Bonchev–Trinajstić information content (AvgIpc) is 3.75. The molecule has 12 nitrogen and oxygen atoms in total. The number of hydrogen-bond acceptors (Lipinski definition) is 9. The molecule has 0 aliphatic carbocycles. The Hall–Kier alpha value is -2.99. The Morgan fingerprint density at radius 3 is 2.46 bits per heavy atom. The summed E-state index contributed by atoms with van der Waals surface area (Å²) in [6, 6.07) is 0.331. The van der Waals surface area contributed by atoms with Crippen LogP contribution in [0.1, 0.15) is 38.5 Å². The fraction of sp³-hybridized carbons (Fsp3) is 0.633. The molecule has 1 N–H and O–H groups in total. The molecule has 2 unspecified atom stereocenters. The first-order chi connectivity index (χ1) is 22.2. The summed E-state index contributed by atoms with van der Waals surface area (Å²) >= 11 is -0.647. The lowest BCUT2D eigenvalue weighted by molar-refractivity contribution is -0.152. The van der Waals surface area contributed by atoms with Crippen LogP contribution in [0.15, 0.2) is 41.4 Å². The lowest BCUT2D eigenvalue weighted by atomic mass is 10.0. The average molecular weight is 758 g/mol. The van der Waals surface area contributed by atoms with Crippen LogP contribution < -0.4 is 5.32 Å². The van der Waals surface area contributed by atoms with Gasteiger partial charge >= 0.3 is 6.18 Å². The van der Waals surface area contributed by atoms with Crippen molar-refractivity contribution in [1.29, 1.82) is 0 Å². The fourth-order valence-corrected chi connectivity index (χ4v) is 9.50. The van der Waals surface area contributed by atoms with Gasteiger partial charge in [0.15, 0.2) is 9.59 Å². The number of carbonyl (C=O) groups is 2. The van der Waals surface area contributed by atoms with Crippen LogP contribution in [-0.4, -0.2) is 131 Å². The summed E-state index contributed by atoms with van der Waals surface area (Å²) in [4.78, 5) is 39.0. The Balaban J connectivity index is 0.922. The highest BCUT2D eigenvalue weighted by molar-refractivity contribution is 14.2. The molecule has 0 radical (unpaired) electrons. The molecular weight excluding hydrogens is 718 g/mol. The minimum atomic E-state index is -4.33. The Kier molecular flexibility index (Phi) is 9.11. The molecule has 2 atom stereocenters. The van der Waals surface area contributed by atoms with Gasteiger partial charge in [-0.1, -0.05) is 0 Å². The van der Waals surface area contributed by atoms with Crippen LogP contribution in [-0.2, 0) is 20.9 Å². The van der Waals surface area contributed by atoms with E-state index in [1.807, 2.05) is 29.4 Å². The molecule has 2 amide bonds. The van der Waals surface area contributed by atoms with Crippen molar-refractivity contribution in [3.63, 3.8) is 0 Å². The highest BCUT2D eigenvalue weighted by Gasteiger charge is 2.44. The maximum Gasteiger partial charge on any atom is 0.389 e. The van der Waals surface area contributed by atoms with Gasteiger partial charge < -0.3 is 24.8 Å². The number of morpholine rings is 1. The Morgan fingerprint density at radius 2 is 1.74 bits per heavy atom. The van der Waals surface area contributed by atoms with Crippen molar-refractivity contribution >= 4 is 48.1 Å². The molecule has 1 aromatic heterocycles. The van der Waals surface area contributed by atoms with Gasteiger partial charge in [-0.2, -0.15) is 18.3 Å². The summed E-state index contributed by atoms with van der Waals surface area (Å²) in [7, 11) is 0. The predicted octanol–water partition coefficient (Wildman–Crippen LogP) is 2.73. The molecule has 0 saturated carbocycles. The van der Waals surface area contributed by atoms with Crippen LogP contribution in [0.3, 0.4) is 0 Å². The third kappa shape index (κ3) is 6.98. The quantitative estimate of drug-likeness (QED) is 0.320. The zero-order chi connectivity index (χ0) is 31.8. The van der Waals surface area contributed by atoms with Crippen molar-refractivity contribution in [3.05, 3.63) is 36.4 Å². The van der Waals surface area contributed by atoms with E-state index in [0.717, 1.165) is 86.1 Å². The second kappa shape index (κ2) is 13.3. The first-order valence-electron chi connectivity index (χ1n) is 16.0. The van der Waals surface area contributed by atoms with Gasteiger partial charge in [-0.25, -0.2) is 4.99 Å². The topological polar surface area (TPSA) is 102 Å². The van der Waals surface area contributed by atoms with E-state index in [1.54, 1.807) is 15.8 Å². The number of hydrogen-bond donors (Lipinski definition) is 1. The molecule has 4 fully saturated rings. The van der Waals surface area contributed by atoms with E-state index < -0.39 is 45.9 Å². The second-order valence-corrected chi connectivity index (χ2v) is 15.1. The summed E-state index contributed by atoms with van der Waals surface area (Å²) in [5.41, 5.74) is 1.74.